The summed E-state index contributed by atoms with van der Waals surface area (Å²) in [6.45, 7) is 12.2. The van der Waals surface area contributed by atoms with Crippen LogP contribution in [-0.4, -0.2) is 0 Å². The zero-order valence-electron chi connectivity index (χ0n) is 29.4. The van der Waals surface area contributed by atoms with E-state index < -0.39 is 0 Å². The SMILES string of the molecule is CCCCCCCCCCCCCCC(C)CCCCCC(C)CCCC(C)CCCCCCCCCCCC. The van der Waals surface area contributed by atoms with Gasteiger partial charge < -0.3 is 0 Å². The highest BCUT2D eigenvalue weighted by Gasteiger charge is 2.07. The second-order valence-electron chi connectivity index (χ2n) is 14.5. The Balaban J connectivity index is 3.36. The third-order valence-corrected chi connectivity index (χ3v) is 9.89. The van der Waals surface area contributed by atoms with Gasteiger partial charge in [0, 0.05) is 0 Å². The molecular formula is C40H82. The van der Waals surface area contributed by atoms with E-state index in [0.29, 0.717) is 0 Å². The van der Waals surface area contributed by atoms with E-state index in [0.717, 1.165) is 17.8 Å². The van der Waals surface area contributed by atoms with Gasteiger partial charge in [0.05, 0.1) is 0 Å². The van der Waals surface area contributed by atoms with Crippen molar-refractivity contribution < 1.29 is 0 Å². The Morgan fingerprint density at radius 2 is 0.400 bits per heavy atom. The smallest absolute Gasteiger partial charge is 0.0443 e. The number of rotatable bonds is 34. The molecule has 3 atom stereocenters. The lowest BCUT2D eigenvalue weighted by Gasteiger charge is -2.15. The molecule has 0 aromatic rings. The molecule has 242 valence electrons. The van der Waals surface area contributed by atoms with Crippen molar-refractivity contribution in [3.8, 4) is 0 Å². The van der Waals surface area contributed by atoms with Gasteiger partial charge in [-0.25, -0.2) is 0 Å². The lowest BCUT2D eigenvalue weighted by atomic mass is 9.91. The van der Waals surface area contributed by atoms with Crippen LogP contribution >= 0.6 is 0 Å². The zero-order chi connectivity index (χ0) is 29.4. The van der Waals surface area contributed by atoms with Crippen LogP contribution in [0.2, 0.25) is 0 Å². The predicted octanol–water partition coefficient (Wildman–Crippen LogP) is 15.4. The van der Waals surface area contributed by atoms with E-state index in [2.05, 4.69) is 34.6 Å². The fourth-order valence-electron chi connectivity index (χ4n) is 6.72. The van der Waals surface area contributed by atoms with E-state index in [1.807, 2.05) is 0 Å². The first-order valence-corrected chi connectivity index (χ1v) is 19.6. The fraction of sp³-hybridized carbons (Fsp3) is 1.00. The molecule has 0 nitrogen and oxygen atoms in total. The molecule has 0 aliphatic rings. The molecule has 0 heterocycles. The molecule has 0 spiro atoms. The Kier molecular flexibility index (Phi) is 33.5. The monoisotopic (exact) mass is 563 g/mol. The van der Waals surface area contributed by atoms with E-state index in [-0.39, 0.29) is 0 Å². The van der Waals surface area contributed by atoms with E-state index >= 15 is 0 Å². The number of hydrogen-bond acceptors (Lipinski definition) is 0. The molecular weight excluding hydrogens is 480 g/mol. The van der Waals surface area contributed by atoms with Gasteiger partial charge in [0.1, 0.15) is 0 Å². The topological polar surface area (TPSA) is 0 Å². The molecule has 0 fully saturated rings. The summed E-state index contributed by atoms with van der Waals surface area (Å²) in [6.07, 6.45) is 47.0. The highest BCUT2D eigenvalue weighted by Crippen LogP contribution is 2.23. The fourth-order valence-corrected chi connectivity index (χ4v) is 6.72. The van der Waals surface area contributed by atoms with Gasteiger partial charge in [0.15, 0.2) is 0 Å². The van der Waals surface area contributed by atoms with Crippen LogP contribution < -0.4 is 0 Å². The summed E-state index contributed by atoms with van der Waals surface area (Å²) in [4.78, 5) is 0. The maximum Gasteiger partial charge on any atom is -0.0443 e. The van der Waals surface area contributed by atoms with Crippen LogP contribution in [0.1, 0.15) is 240 Å². The first-order valence-electron chi connectivity index (χ1n) is 19.6. The van der Waals surface area contributed by atoms with Crippen LogP contribution in [0.5, 0.6) is 0 Å². The van der Waals surface area contributed by atoms with Crippen LogP contribution in [0.4, 0.5) is 0 Å². The maximum absolute atomic E-state index is 2.52. The average Bonchev–Trinajstić information content (AvgIpc) is 2.94. The van der Waals surface area contributed by atoms with Gasteiger partial charge >= 0.3 is 0 Å². The second kappa shape index (κ2) is 33.5. The first kappa shape index (κ1) is 40.0. The summed E-state index contributed by atoms with van der Waals surface area (Å²) < 4.78 is 0. The third-order valence-electron chi connectivity index (χ3n) is 9.89. The van der Waals surface area contributed by atoms with Gasteiger partial charge in [0.2, 0.25) is 0 Å². The van der Waals surface area contributed by atoms with E-state index in [9.17, 15) is 0 Å². The molecule has 0 bridgehead atoms. The highest BCUT2D eigenvalue weighted by atomic mass is 14.1. The molecule has 0 saturated heterocycles. The van der Waals surface area contributed by atoms with Crippen molar-refractivity contribution in [2.45, 2.75) is 240 Å². The zero-order valence-corrected chi connectivity index (χ0v) is 29.4. The molecule has 0 aliphatic carbocycles. The lowest BCUT2D eigenvalue weighted by Crippen LogP contribution is -2.00. The maximum atomic E-state index is 2.52. The van der Waals surface area contributed by atoms with Crippen molar-refractivity contribution in [3.05, 3.63) is 0 Å². The Hall–Kier alpha value is 0. The Morgan fingerprint density at radius 3 is 0.650 bits per heavy atom. The van der Waals surface area contributed by atoms with Crippen molar-refractivity contribution >= 4 is 0 Å². The standard InChI is InChI=1S/C40H82/c1-6-8-10-12-14-16-18-19-21-23-24-27-32-38(3)34-29-26-30-35-40(5)37-31-36-39(4)33-28-25-22-20-17-15-13-11-9-7-2/h38-40H,6-37H2,1-5H3. The molecule has 0 N–H and O–H groups in total. The Labute approximate surface area is 257 Å². The summed E-state index contributed by atoms with van der Waals surface area (Å²) in [5, 5.41) is 0. The largest absolute Gasteiger partial charge is 0.0654 e. The van der Waals surface area contributed by atoms with Crippen LogP contribution in [-0.2, 0) is 0 Å². The minimum atomic E-state index is 0.947. The molecule has 0 saturated carbocycles. The number of hydrogen-bond donors (Lipinski definition) is 0. The highest BCUT2D eigenvalue weighted by molar-refractivity contribution is 4.61. The summed E-state index contributed by atoms with van der Waals surface area (Å²) in [5.41, 5.74) is 0. The Bertz CT molecular complexity index is 439. The summed E-state index contributed by atoms with van der Waals surface area (Å²) in [6, 6.07) is 0. The van der Waals surface area contributed by atoms with E-state index in [4.69, 9.17) is 0 Å². The molecule has 0 rings (SSSR count). The summed E-state index contributed by atoms with van der Waals surface area (Å²) in [5.74, 6) is 2.86. The summed E-state index contributed by atoms with van der Waals surface area (Å²) in [7, 11) is 0. The third kappa shape index (κ3) is 32.5. The van der Waals surface area contributed by atoms with Crippen molar-refractivity contribution in [2.75, 3.05) is 0 Å². The van der Waals surface area contributed by atoms with Crippen LogP contribution in [0, 0.1) is 17.8 Å². The van der Waals surface area contributed by atoms with Crippen molar-refractivity contribution in [3.63, 3.8) is 0 Å². The Morgan fingerprint density at radius 1 is 0.225 bits per heavy atom. The minimum absolute atomic E-state index is 0.947. The first-order chi connectivity index (χ1) is 19.6. The van der Waals surface area contributed by atoms with Crippen LogP contribution in [0.25, 0.3) is 0 Å². The van der Waals surface area contributed by atoms with E-state index in [1.54, 1.807) is 0 Å². The van der Waals surface area contributed by atoms with E-state index in [1.165, 1.54) is 205 Å². The van der Waals surface area contributed by atoms with Gasteiger partial charge in [-0.3, -0.25) is 0 Å². The van der Waals surface area contributed by atoms with Gasteiger partial charge in [-0.15, -0.1) is 0 Å². The molecule has 0 aromatic carbocycles. The van der Waals surface area contributed by atoms with Crippen LogP contribution in [0.3, 0.4) is 0 Å². The molecule has 0 aliphatic heterocycles. The molecule has 0 radical (unpaired) electrons. The quantitative estimate of drug-likeness (QED) is 0.0684. The molecule has 40 heavy (non-hydrogen) atoms. The van der Waals surface area contributed by atoms with Crippen molar-refractivity contribution in [1.29, 1.82) is 0 Å². The normalized spacial score (nSPS) is 14.0. The van der Waals surface area contributed by atoms with Crippen molar-refractivity contribution in [1.82, 2.24) is 0 Å². The molecule has 0 heteroatoms. The van der Waals surface area contributed by atoms with Crippen LogP contribution in [0.15, 0.2) is 0 Å². The molecule has 0 amide bonds. The predicted molar refractivity (Wildman–Crippen MR) is 187 cm³/mol. The molecule has 0 aromatic heterocycles. The van der Waals surface area contributed by atoms with Gasteiger partial charge in [-0.2, -0.15) is 0 Å². The number of unbranched alkanes of at least 4 members (excludes halogenated alkanes) is 22. The second-order valence-corrected chi connectivity index (χ2v) is 14.5. The van der Waals surface area contributed by atoms with Crippen molar-refractivity contribution in [2.24, 2.45) is 17.8 Å². The summed E-state index contributed by atoms with van der Waals surface area (Å²) >= 11 is 0. The molecule has 3 unspecified atom stereocenters. The lowest BCUT2D eigenvalue weighted by molar-refractivity contribution is 0.385. The van der Waals surface area contributed by atoms with Gasteiger partial charge in [-0.05, 0) is 17.8 Å². The average molecular weight is 563 g/mol. The van der Waals surface area contributed by atoms with Gasteiger partial charge in [-0.1, -0.05) is 240 Å². The van der Waals surface area contributed by atoms with Gasteiger partial charge in [0.25, 0.3) is 0 Å². The minimum Gasteiger partial charge on any atom is -0.0654 e.